The first-order valence-corrected chi connectivity index (χ1v) is 9.05. The Hall–Kier alpha value is -2.61. The van der Waals surface area contributed by atoms with Gasteiger partial charge in [0.05, 0.1) is 21.6 Å². The van der Waals surface area contributed by atoms with Gasteiger partial charge < -0.3 is 0 Å². The normalized spacial score (nSPS) is 11.9. The highest BCUT2D eigenvalue weighted by Crippen LogP contribution is 2.26. The molecule has 8 heteroatoms. The first-order chi connectivity index (χ1) is 11.6. The molecule has 0 atom stereocenters. The lowest BCUT2D eigenvalue weighted by atomic mass is 10.2. The monoisotopic (exact) mass is 363 g/mol. The van der Waals surface area contributed by atoms with Crippen molar-refractivity contribution in [1.29, 1.82) is 0 Å². The van der Waals surface area contributed by atoms with E-state index < -0.39 is 15.8 Å². The molecule has 1 N–H and O–H groups in total. The van der Waals surface area contributed by atoms with Crippen LogP contribution < -0.4 is 10.4 Å². The first kappa shape index (κ1) is 17.2. The number of sulfonamides is 1. The molecule has 0 saturated heterocycles. The fraction of sp³-hybridized carbons (Fsp3) is 0.235. The highest BCUT2D eigenvalue weighted by Gasteiger charge is 2.21. The Kier molecular flexibility index (Phi) is 3.95. The molecule has 3 rings (SSSR count). The fourth-order valence-corrected chi connectivity index (χ4v) is 4.24. The molecular weight excluding hydrogens is 345 g/mol. The van der Waals surface area contributed by atoms with E-state index in [1.165, 1.54) is 33.4 Å². The summed E-state index contributed by atoms with van der Waals surface area (Å²) in [6, 6.07) is 6.99. The number of anilines is 1. The number of aryl methyl sites for hydroxylation is 4. The molecule has 25 heavy (non-hydrogen) atoms. The second-order valence-electron chi connectivity index (χ2n) is 6.07. The van der Waals surface area contributed by atoms with Gasteiger partial charge in [0.15, 0.2) is 0 Å². The predicted octanol–water partition coefficient (Wildman–Crippen LogP) is 2.43. The van der Waals surface area contributed by atoms with Gasteiger partial charge in [-0.1, -0.05) is 0 Å². The Morgan fingerprint density at radius 1 is 0.960 bits per heavy atom. The number of hydrogen-bond acceptors (Lipinski definition) is 3. The van der Waals surface area contributed by atoms with Gasteiger partial charge in [0, 0.05) is 14.1 Å². The summed E-state index contributed by atoms with van der Waals surface area (Å²) in [6.45, 7) is 3.29. The van der Waals surface area contributed by atoms with Gasteiger partial charge in [-0.3, -0.25) is 13.9 Å². The molecule has 0 aliphatic heterocycles. The van der Waals surface area contributed by atoms with E-state index in [4.69, 9.17) is 0 Å². The van der Waals surface area contributed by atoms with Crippen LogP contribution in [0.5, 0.6) is 0 Å². The lowest BCUT2D eigenvalue weighted by molar-refractivity contribution is 0.600. The van der Waals surface area contributed by atoms with Crippen molar-refractivity contribution < 1.29 is 12.8 Å². The minimum atomic E-state index is -3.89. The van der Waals surface area contributed by atoms with Gasteiger partial charge in [-0.15, -0.1) is 0 Å². The lowest BCUT2D eigenvalue weighted by Crippen LogP contribution is -2.19. The minimum Gasteiger partial charge on any atom is -0.295 e. The molecule has 0 saturated carbocycles. The Labute approximate surface area is 144 Å². The largest absolute Gasteiger partial charge is 0.328 e. The highest BCUT2D eigenvalue weighted by atomic mass is 32.2. The van der Waals surface area contributed by atoms with Crippen molar-refractivity contribution in [2.24, 2.45) is 14.1 Å². The van der Waals surface area contributed by atoms with Crippen LogP contribution in [0.3, 0.4) is 0 Å². The molecule has 0 bridgehead atoms. The zero-order valence-electron chi connectivity index (χ0n) is 14.3. The summed E-state index contributed by atoms with van der Waals surface area (Å²) in [7, 11) is -0.660. The van der Waals surface area contributed by atoms with Crippen LogP contribution in [0.1, 0.15) is 11.1 Å². The Morgan fingerprint density at radius 3 is 2.16 bits per heavy atom. The van der Waals surface area contributed by atoms with E-state index in [9.17, 15) is 17.6 Å². The van der Waals surface area contributed by atoms with Crippen LogP contribution >= 0.6 is 0 Å². The number of nitrogens with one attached hydrogen (secondary N) is 1. The predicted molar refractivity (Wildman–Crippen MR) is 94.8 cm³/mol. The second-order valence-corrected chi connectivity index (χ2v) is 7.72. The maximum absolute atomic E-state index is 13.2. The zero-order valence-corrected chi connectivity index (χ0v) is 15.1. The van der Waals surface area contributed by atoms with Crippen LogP contribution in [0, 0.1) is 19.7 Å². The first-order valence-electron chi connectivity index (χ1n) is 7.57. The number of hydrogen-bond donors (Lipinski definition) is 1. The van der Waals surface area contributed by atoms with E-state index in [2.05, 4.69) is 4.72 Å². The molecule has 2 aromatic carbocycles. The van der Waals surface area contributed by atoms with Crippen LogP contribution in [-0.4, -0.2) is 17.6 Å². The minimum absolute atomic E-state index is 0.0740. The van der Waals surface area contributed by atoms with Crippen molar-refractivity contribution in [3.8, 4) is 0 Å². The highest BCUT2D eigenvalue weighted by molar-refractivity contribution is 7.92. The van der Waals surface area contributed by atoms with E-state index in [0.717, 1.165) is 0 Å². The lowest BCUT2D eigenvalue weighted by Gasteiger charge is -2.13. The van der Waals surface area contributed by atoms with E-state index in [1.54, 1.807) is 34.0 Å². The third kappa shape index (κ3) is 2.82. The topological polar surface area (TPSA) is 73.1 Å². The number of benzene rings is 2. The molecule has 0 unspecified atom stereocenters. The number of nitrogens with zero attached hydrogens (tertiary/aromatic N) is 2. The van der Waals surface area contributed by atoms with Gasteiger partial charge in [0.25, 0.3) is 10.0 Å². The summed E-state index contributed by atoms with van der Waals surface area (Å²) in [6.07, 6.45) is 0. The van der Waals surface area contributed by atoms with Gasteiger partial charge >= 0.3 is 5.69 Å². The van der Waals surface area contributed by atoms with E-state index in [1.807, 2.05) is 0 Å². The van der Waals surface area contributed by atoms with Crippen molar-refractivity contribution in [3.63, 3.8) is 0 Å². The van der Waals surface area contributed by atoms with Crippen molar-refractivity contribution in [1.82, 2.24) is 9.13 Å². The molecule has 3 aromatic rings. The summed E-state index contributed by atoms with van der Waals surface area (Å²) < 4.78 is 44.2. The van der Waals surface area contributed by atoms with Gasteiger partial charge in [0.2, 0.25) is 0 Å². The van der Waals surface area contributed by atoms with E-state index in [-0.39, 0.29) is 10.6 Å². The van der Waals surface area contributed by atoms with E-state index in [0.29, 0.717) is 27.8 Å². The molecular formula is C17H18FN3O3S. The van der Waals surface area contributed by atoms with Crippen molar-refractivity contribution in [2.75, 3.05) is 4.72 Å². The quantitative estimate of drug-likeness (QED) is 0.777. The molecule has 0 aliphatic rings. The molecule has 1 aromatic heterocycles. The van der Waals surface area contributed by atoms with Crippen LogP contribution in [0.4, 0.5) is 10.1 Å². The number of imidazole rings is 1. The van der Waals surface area contributed by atoms with Crippen LogP contribution in [-0.2, 0) is 24.1 Å². The Bertz CT molecular complexity index is 1160. The average Bonchev–Trinajstić information content (AvgIpc) is 2.74. The number of fused-ring (bicyclic) bond motifs is 1. The maximum Gasteiger partial charge on any atom is 0.328 e. The third-order valence-electron chi connectivity index (χ3n) is 4.29. The summed E-state index contributed by atoms with van der Waals surface area (Å²) >= 11 is 0. The number of rotatable bonds is 3. The van der Waals surface area contributed by atoms with Gasteiger partial charge in [-0.25, -0.2) is 17.6 Å². The summed E-state index contributed by atoms with van der Waals surface area (Å²) in [4.78, 5) is 12.1. The van der Waals surface area contributed by atoms with Crippen LogP contribution in [0.25, 0.3) is 11.0 Å². The molecule has 0 spiro atoms. The van der Waals surface area contributed by atoms with Crippen molar-refractivity contribution in [2.45, 2.75) is 18.7 Å². The van der Waals surface area contributed by atoms with Crippen LogP contribution in [0.15, 0.2) is 40.0 Å². The van der Waals surface area contributed by atoms with Crippen molar-refractivity contribution >= 4 is 26.7 Å². The molecule has 0 amide bonds. The van der Waals surface area contributed by atoms with Gasteiger partial charge in [0.1, 0.15) is 5.82 Å². The SMILES string of the molecule is Cc1cc(F)ccc1NS(=O)(=O)c1cc2c(cc1C)n(C)c(=O)n2C. The summed E-state index contributed by atoms with van der Waals surface area (Å²) in [5.41, 5.74) is 2.25. The van der Waals surface area contributed by atoms with Gasteiger partial charge in [-0.05, 0) is 55.3 Å². The molecule has 6 nitrogen and oxygen atoms in total. The van der Waals surface area contributed by atoms with Crippen molar-refractivity contribution in [3.05, 3.63) is 57.8 Å². The maximum atomic E-state index is 13.2. The molecule has 1 heterocycles. The molecule has 0 fully saturated rings. The Balaban J connectivity index is 2.15. The molecule has 0 radical (unpaired) electrons. The Morgan fingerprint density at radius 2 is 1.56 bits per heavy atom. The zero-order chi connectivity index (χ0) is 18.5. The van der Waals surface area contributed by atoms with Crippen LogP contribution in [0.2, 0.25) is 0 Å². The smallest absolute Gasteiger partial charge is 0.295 e. The molecule has 0 aliphatic carbocycles. The third-order valence-corrected chi connectivity index (χ3v) is 5.80. The fourth-order valence-electron chi connectivity index (χ4n) is 2.86. The summed E-state index contributed by atoms with van der Waals surface area (Å²) in [5.74, 6) is -0.433. The van der Waals surface area contributed by atoms with E-state index >= 15 is 0 Å². The number of aromatic nitrogens is 2. The standard InChI is InChI=1S/C17H18FN3O3S/c1-10-7-12(18)5-6-13(10)19-25(23,24)16-9-15-14(8-11(16)2)20(3)17(22)21(15)4/h5-9,19H,1-4H3. The molecule has 132 valence electrons. The van der Waals surface area contributed by atoms with Gasteiger partial charge in [-0.2, -0.15) is 0 Å². The second kappa shape index (κ2) is 5.73. The summed E-state index contributed by atoms with van der Waals surface area (Å²) in [5, 5.41) is 0. The number of halogens is 1. The average molecular weight is 363 g/mol.